The summed E-state index contributed by atoms with van der Waals surface area (Å²) >= 11 is 0. The highest BCUT2D eigenvalue weighted by Gasteiger charge is 2.31. The molecule has 0 amide bonds. The third-order valence-electron chi connectivity index (χ3n) is 3.43. The summed E-state index contributed by atoms with van der Waals surface area (Å²) in [7, 11) is 0. The van der Waals surface area contributed by atoms with Crippen molar-refractivity contribution in [3.05, 3.63) is 29.8 Å². The van der Waals surface area contributed by atoms with Crippen LogP contribution in [0.5, 0.6) is 5.75 Å². The highest BCUT2D eigenvalue weighted by Crippen LogP contribution is 2.15. The summed E-state index contributed by atoms with van der Waals surface area (Å²) in [6.07, 6.45) is 1.90. The van der Waals surface area contributed by atoms with Gasteiger partial charge in [-0.05, 0) is 44.0 Å². The molecule has 118 valence electrons. The highest BCUT2D eigenvalue weighted by atomic mass is 16.5. The van der Waals surface area contributed by atoms with Crippen LogP contribution in [-0.4, -0.2) is 41.5 Å². The summed E-state index contributed by atoms with van der Waals surface area (Å²) in [5, 5.41) is 21.2. The van der Waals surface area contributed by atoms with Gasteiger partial charge < -0.3 is 20.3 Å². The largest absolute Gasteiger partial charge is 0.494 e. The predicted octanol–water partition coefficient (Wildman–Crippen LogP) is 1.83. The molecule has 0 aromatic heterocycles. The van der Waals surface area contributed by atoms with Gasteiger partial charge in [-0.3, -0.25) is 4.79 Å². The number of carbonyl (C=O) groups is 1. The lowest BCUT2D eigenvalue weighted by Crippen LogP contribution is -2.50. The summed E-state index contributed by atoms with van der Waals surface area (Å²) in [5.41, 5.74) is 0.0807. The number of carboxylic acid groups (broad SMARTS) is 1. The van der Waals surface area contributed by atoms with E-state index >= 15 is 0 Å². The van der Waals surface area contributed by atoms with E-state index in [9.17, 15) is 9.90 Å². The summed E-state index contributed by atoms with van der Waals surface area (Å²) in [6.45, 7) is 4.80. The Kier molecular flexibility index (Phi) is 7.19. The standard InChI is InChI=1S/C16H25NO4/c1-3-10-17-16(2,15(19)20)9-12-21-14-6-4-13(5-7-14)8-11-18/h4-7,17-18H,3,8-12H2,1-2H3,(H,19,20). The molecule has 0 aliphatic carbocycles. The lowest BCUT2D eigenvalue weighted by molar-refractivity contribution is -0.144. The van der Waals surface area contributed by atoms with E-state index in [1.807, 2.05) is 31.2 Å². The van der Waals surface area contributed by atoms with E-state index < -0.39 is 11.5 Å². The van der Waals surface area contributed by atoms with Crippen LogP contribution in [0.2, 0.25) is 0 Å². The molecule has 1 aromatic rings. The number of aliphatic carboxylic acids is 1. The van der Waals surface area contributed by atoms with Gasteiger partial charge >= 0.3 is 5.97 Å². The first-order valence-electron chi connectivity index (χ1n) is 7.33. The van der Waals surface area contributed by atoms with Gasteiger partial charge in [0.05, 0.1) is 6.61 Å². The van der Waals surface area contributed by atoms with Gasteiger partial charge in [0, 0.05) is 13.0 Å². The highest BCUT2D eigenvalue weighted by molar-refractivity contribution is 5.78. The second-order valence-electron chi connectivity index (χ2n) is 5.28. The molecule has 5 heteroatoms. The van der Waals surface area contributed by atoms with Crippen molar-refractivity contribution in [3.63, 3.8) is 0 Å². The number of carboxylic acids is 1. The molecule has 0 saturated carbocycles. The average Bonchev–Trinajstić information content (AvgIpc) is 2.47. The van der Waals surface area contributed by atoms with Crippen LogP contribution in [0, 0.1) is 0 Å². The summed E-state index contributed by atoms with van der Waals surface area (Å²) in [4.78, 5) is 11.3. The Bertz CT molecular complexity index is 432. The number of rotatable bonds is 10. The third kappa shape index (κ3) is 5.73. The SMILES string of the molecule is CCCNC(C)(CCOc1ccc(CCO)cc1)C(=O)O. The molecule has 0 saturated heterocycles. The molecule has 0 fully saturated rings. The minimum Gasteiger partial charge on any atom is -0.494 e. The van der Waals surface area contributed by atoms with E-state index in [0.29, 0.717) is 31.7 Å². The Morgan fingerprint density at radius 3 is 2.52 bits per heavy atom. The molecule has 1 atom stereocenters. The van der Waals surface area contributed by atoms with Crippen LogP contribution < -0.4 is 10.1 Å². The number of ether oxygens (including phenoxy) is 1. The lowest BCUT2D eigenvalue weighted by atomic mass is 9.98. The Hall–Kier alpha value is -1.59. The van der Waals surface area contributed by atoms with E-state index in [1.165, 1.54) is 0 Å². The van der Waals surface area contributed by atoms with Crippen LogP contribution in [-0.2, 0) is 11.2 Å². The van der Waals surface area contributed by atoms with Crippen molar-refractivity contribution in [3.8, 4) is 5.75 Å². The zero-order valence-corrected chi connectivity index (χ0v) is 12.8. The maximum Gasteiger partial charge on any atom is 0.323 e. The van der Waals surface area contributed by atoms with Crippen molar-refractivity contribution in [1.82, 2.24) is 5.32 Å². The topological polar surface area (TPSA) is 78.8 Å². The van der Waals surface area contributed by atoms with E-state index in [4.69, 9.17) is 9.84 Å². The van der Waals surface area contributed by atoms with Crippen LogP contribution in [0.25, 0.3) is 0 Å². The quantitative estimate of drug-likeness (QED) is 0.614. The molecule has 1 unspecified atom stereocenters. The molecule has 0 aliphatic rings. The monoisotopic (exact) mass is 295 g/mol. The first kappa shape index (κ1) is 17.5. The molecule has 1 aromatic carbocycles. The Morgan fingerprint density at radius 2 is 2.00 bits per heavy atom. The fourth-order valence-corrected chi connectivity index (χ4v) is 1.93. The van der Waals surface area contributed by atoms with Gasteiger partial charge in [0.15, 0.2) is 0 Å². The fraction of sp³-hybridized carbons (Fsp3) is 0.562. The molecule has 0 spiro atoms. The molecule has 0 aliphatic heterocycles. The second kappa shape index (κ2) is 8.64. The van der Waals surface area contributed by atoms with Crippen molar-refractivity contribution in [2.75, 3.05) is 19.8 Å². The molecular formula is C16H25NO4. The Morgan fingerprint density at radius 1 is 1.33 bits per heavy atom. The molecule has 0 heterocycles. The van der Waals surface area contributed by atoms with Gasteiger partial charge in [-0.2, -0.15) is 0 Å². The third-order valence-corrected chi connectivity index (χ3v) is 3.43. The van der Waals surface area contributed by atoms with Gasteiger partial charge in [0.2, 0.25) is 0 Å². The van der Waals surface area contributed by atoms with Crippen molar-refractivity contribution in [2.24, 2.45) is 0 Å². The number of hydrogen-bond acceptors (Lipinski definition) is 4. The van der Waals surface area contributed by atoms with E-state index in [0.717, 1.165) is 12.0 Å². The first-order valence-corrected chi connectivity index (χ1v) is 7.33. The number of benzene rings is 1. The molecule has 5 nitrogen and oxygen atoms in total. The molecule has 0 radical (unpaired) electrons. The zero-order chi connectivity index (χ0) is 15.7. The van der Waals surface area contributed by atoms with Gasteiger partial charge in [0.1, 0.15) is 11.3 Å². The van der Waals surface area contributed by atoms with Crippen molar-refractivity contribution >= 4 is 5.97 Å². The molecule has 0 bridgehead atoms. The summed E-state index contributed by atoms with van der Waals surface area (Å²) in [6, 6.07) is 7.47. The van der Waals surface area contributed by atoms with Crippen LogP contribution in [0.4, 0.5) is 0 Å². The van der Waals surface area contributed by atoms with E-state index in [2.05, 4.69) is 5.32 Å². The predicted molar refractivity (Wildman–Crippen MR) is 81.7 cm³/mol. The Balaban J connectivity index is 2.48. The minimum absolute atomic E-state index is 0.125. The van der Waals surface area contributed by atoms with Crippen molar-refractivity contribution in [2.45, 2.75) is 38.6 Å². The van der Waals surface area contributed by atoms with E-state index in [1.54, 1.807) is 6.92 Å². The average molecular weight is 295 g/mol. The lowest BCUT2D eigenvalue weighted by Gasteiger charge is -2.26. The summed E-state index contributed by atoms with van der Waals surface area (Å²) < 4.78 is 5.60. The second-order valence-corrected chi connectivity index (χ2v) is 5.28. The van der Waals surface area contributed by atoms with Crippen LogP contribution in [0.1, 0.15) is 32.3 Å². The maximum absolute atomic E-state index is 11.3. The summed E-state index contributed by atoms with van der Waals surface area (Å²) in [5.74, 6) is -0.155. The minimum atomic E-state index is -0.965. The molecule has 21 heavy (non-hydrogen) atoms. The van der Waals surface area contributed by atoms with Gasteiger partial charge in [-0.1, -0.05) is 19.1 Å². The molecule has 3 N–H and O–H groups in total. The van der Waals surface area contributed by atoms with Crippen LogP contribution in [0.3, 0.4) is 0 Å². The zero-order valence-electron chi connectivity index (χ0n) is 12.8. The normalized spacial score (nSPS) is 13.7. The number of aliphatic hydroxyl groups excluding tert-OH is 1. The Labute approximate surface area is 125 Å². The van der Waals surface area contributed by atoms with Crippen LogP contribution in [0.15, 0.2) is 24.3 Å². The van der Waals surface area contributed by atoms with E-state index in [-0.39, 0.29) is 6.61 Å². The number of nitrogens with one attached hydrogen (secondary N) is 1. The van der Waals surface area contributed by atoms with Crippen LogP contribution >= 0.6 is 0 Å². The first-order chi connectivity index (χ1) is 10.0. The maximum atomic E-state index is 11.3. The molecular weight excluding hydrogens is 270 g/mol. The molecule has 1 rings (SSSR count). The number of aliphatic hydroxyl groups is 1. The fourth-order valence-electron chi connectivity index (χ4n) is 1.93. The van der Waals surface area contributed by atoms with Crippen molar-refractivity contribution < 1.29 is 19.7 Å². The van der Waals surface area contributed by atoms with Gasteiger partial charge in [-0.15, -0.1) is 0 Å². The van der Waals surface area contributed by atoms with Gasteiger partial charge in [-0.25, -0.2) is 0 Å². The van der Waals surface area contributed by atoms with Gasteiger partial charge in [0.25, 0.3) is 0 Å². The smallest absolute Gasteiger partial charge is 0.323 e. The number of hydrogen-bond donors (Lipinski definition) is 3. The van der Waals surface area contributed by atoms with Crippen molar-refractivity contribution in [1.29, 1.82) is 0 Å².